The van der Waals surface area contributed by atoms with Gasteiger partial charge in [0.25, 0.3) is 0 Å². The number of benzene rings is 2. The number of halogens is 1. The minimum Gasteiger partial charge on any atom is -0.456 e. The van der Waals surface area contributed by atoms with Crippen molar-refractivity contribution >= 4 is 15.9 Å². The summed E-state index contributed by atoms with van der Waals surface area (Å²) in [5.74, 6) is 1.68. The second-order valence-corrected chi connectivity index (χ2v) is 4.51. The van der Waals surface area contributed by atoms with E-state index in [0.29, 0.717) is 0 Å². The summed E-state index contributed by atoms with van der Waals surface area (Å²) in [4.78, 5) is 0. The zero-order valence-electron chi connectivity index (χ0n) is 9.25. The van der Waals surface area contributed by atoms with Crippen LogP contribution in [0.25, 0.3) is 0 Å². The van der Waals surface area contributed by atoms with Gasteiger partial charge >= 0.3 is 0 Å². The molecule has 1 radical (unpaired) electrons. The fourth-order valence-corrected chi connectivity index (χ4v) is 1.76. The summed E-state index contributed by atoms with van der Waals surface area (Å²) in [6.07, 6.45) is 0. The van der Waals surface area contributed by atoms with E-state index in [-0.39, 0.29) is 0 Å². The molecule has 0 fully saturated rings. The maximum absolute atomic E-state index is 5.84. The molecule has 0 aliphatic carbocycles. The highest BCUT2D eigenvalue weighted by atomic mass is 79.9. The van der Waals surface area contributed by atoms with Crippen molar-refractivity contribution in [3.8, 4) is 11.5 Å². The molecule has 2 aromatic carbocycles. The molecule has 0 aliphatic rings. The molecular formula is C14H12BrO. The van der Waals surface area contributed by atoms with Crippen LogP contribution in [0.5, 0.6) is 11.5 Å². The Labute approximate surface area is 104 Å². The van der Waals surface area contributed by atoms with E-state index in [1.807, 2.05) is 30.3 Å². The molecule has 0 spiro atoms. The monoisotopic (exact) mass is 275 g/mol. The standard InChI is InChI=1S/C14H12BrO/c1-10-6-5-9-13(11(10)2)16-14-8-4-3-7-12(14)15/h3,5-9H,1-2H3. The van der Waals surface area contributed by atoms with Gasteiger partial charge < -0.3 is 4.74 Å². The predicted octanol–water partition coefficient (Wildman–Crippen LogP) is 4.66. The van der Waals surface area contributed by atoms with Crippen LogP contribution in [0.4, 0.5) is 0 Å². The molecule has 0 heterocycles. The van der Waals surface area contributed by atoms with Crippen molar-refractivity contribution in [2.75, 3.05) is 0 Å². The van der Waals surface area contributed by atoms with Gasteiger partial charge in [-0.1, -0.05) is 18.2 Å². The van der Waals surface area contributed by atoms with Crippen LogP contribution in [0.2, 0.25) is 0 Å². The second kappa shape index (κ2) is 4.71. The van der Waals surface area contributed by atoms with Gasteiger partial charge in [0.15, 0.2) is 0 Å². The first-order valence-electron chi connectivity index (χ1n) is 5.08. The van der Waals surface area contributed by atoms with Gasteiger partial charge in [-0.3, -0.25) is 0 Å². The van der Waals surface area contributed by atoms with E-state index < -0.39 is 0 Å². The van der Waals surface area contributed by atoms with E-state index in [4.69, 9.17) is 4.74 Å². The Balaban J connectivity index is 2.35. The maximum atomic E-state index is 5.84. The van der Waals surface area contributed by atoms with E-state index >= 15 is 0 Å². The topological polar surface area (TPSA) is 9.23 Å². The molecule has 0 aliphatic heterocycles. The minimum absolute atomic E-state index is 0.788. The third kappa shape index (κ3) is 2.27. The van der Waals surface area contributed by atoms with Crippen LogP contribution in [0.1, 0.15) is 11.1 Å². The Morgan fingerprint density at radius 3 is 2.69 bits per heavy atom. The minimum atomic E-state index is 0.788. The third-order valence-electron chi connectivity index (χ3n) is 2.55. The van der Waals surface area contributed by atoms with E-state index in [1.54, 1.807) is 0 Å². The third-order valence-corrected chi connectivity index (χ3v) is 3.21. The number of hydrogen-bond donors (Lipinski definition) is 0. The molecule has 0 bridgehead atoms. The number of aryl methyl sites for hydroxylation is 1. The highest BCUT2D eigenvalue weighted by Crippen LogP contribution is 2.31. The van der Waals surface area contributed by atoms with Gasteiger partial charge in [-0.05, 0) is 65.2 Å². The van der Waals surface area contributed by atoms with Gasteiger partial charge in [0, 0.05) is 0 Å². The average Bonchev–Trinajstić information content (AvgIpc) is 2.28. The van der Waals surface area contributed by atoms with Crippen LogP contribution in [0.15, 0.2) is 40.9 Å². The van der Waals surface area contributed by atoms with Gasteiger partial charge in [-0.15, -0.1) is 0 Å². The Morgan fingerprint density at radius 1 is 1.12 bits per heavy atom. The Morgan fingerprint density at radius 2 is 1.94 bits per heavy atom. The van der Waals surface area contributed by atoms with Crippen molar-refractivity contribution in [3.05, 3.63) is 58.1 Å². The summed E-state index contributed by atoms with van der Waals surface area (Å²) in [6, 6.07) is 14.6. The summed E-state index contributed by atoms with van der Waals surface area (Å²) in [6.45, 7) is 4.14. The van der Waals surface area contributed by atoms with Crippen LogP contribution >= 0.6 is 15.9 Å². The van der Waals surface area contributed by atoms with E-state index in [9.17, 15) is 0 Å². The zero-order chi connectivity index (χ0) is 11.5. The molecule has 0 saturated carbocycles. The first-order chi connectivity index (χ1) is 7.68. The van der Waals surface area contributed by atoms with Gasteiger partial charge in [0.05, 0.1) is 4.47 Å². The Hall–Kier alpha value is -1.28. The molecule has 0 N–H and O–H groups in total. The molecule has 0 unspecified atom stereocenters. The van der Waals surface area contributed by atoms with E-state index in [1.165, 1.54) is 11.1 Å². The highest BCUT2D eigenvalue weighted by molar-refractivity contribution is 9.10. The van der Waals surface area contributed by atoms with Crippen molar-refractivity contribution in [2.24, 2.45) is 0 Å². The SMILES string of the molecule is Cc1cccc(Oc2c[c]ccc2Br)c1C. The molecule has 2 heteroatoms. The van der Waals surface area contributed by atoms with E-state index in [0.717, 1.165) is 16.0 Å². The quantitative estimate of drug-likeness (QED) is 0.775. The molecule has 16 heavy (non-hydrogen) atoms. The Kier molecular flexibility index (Phi) is 3.30. The normalized spacial score (nSPS) is 10.2. The highest BCUT2D eigenvalue weighted by Gasteiger charge is 2.05. The first kappa shape index (κ1) is 11.2. The van der Waals surface area contributed by atoms with Crippen LogP contribution in [0.3, 0.4) is 0 Å². The number of rotatable bonds is 2. The van der Waals surface area contributed by atoms with Crippen LogP contribution in [0, 0.1) is 19.9 Å². The van der Waals surface area contributed by atoms with Crippen molar-refractivity contribution < 1.29 is 4.74 Å². The van der Waals surface area contributed by atoms with Crippen molar-refractivity contribution in [2.45, 2.75) is 13.8 Å². The fraction of sp³-hybridized carbons (Fsp3) is 0.143. The van der Waals surface area contributed by atoms with Crippen LogP contribution in [-0.4, -0.2) is 0 Å². The molecule has 1 nitrogen and oxygen atoms in total. The van der Waals surface area contributed by atoms with Crippen molar-refractivity contribution in [1.29, 1.82) is 0 Å². The van der Waals surface area contributed by atoms with Crippen LogP contribution < -0.4 is 4.74 Å². The van der Waals surface area contributed by atoms with Gasteiger partial charge in [0.1, 0.15) is 11.5 Å². The zero-order valence-corrected chi connectivity index (χ0v) is 10.8. The van der Waals surface area contributed by atoms with Crippen molar-refractivity contribution in [1.82, 2.24) is 0 Å². The molecule has 2 aromatic rings. The summed E-state index contributed by atoms with van der Waals surface area (Å²) < 4.78 is 6.78. The lowest BCUT2D eigenvalue weighted by molar-refractivity contribution is 0.475. The first-order valence-corrected chi connectivity index (χ1v) is 5.87. The van der Waals surface area contributed by atoms with Gasteiger partial charge in [0.2, 0.25) is 0 Å². The fourth-order valence-electron chi connectivity index (χ4n) is 1.43. The summed E-state index contributed by atoms with van der Waals surface area (Å²) in [5, 5.41) is 0. The molecule has 2 rings (SSSR count). The number of hydrogen-bond acceptors (Lipinski definition) is 1. The Bertz CT molecular complexity index is 506. The lowest BCUT2D eigenvalue weighted by Crippen LogP contribution is -1.90. The number of ether oxygens (including phenoxy) is 1. The van der Waals surface area contributed by atoms with Gasteiger partial charge in [-0.2, -0.15) is 0 Å². The molecule has 0 amide bonds. The molecule has 81 valence electrons. The maximum Gasteiger partial charge on any atom is 0.142 e. The molecule has 0 atom stereocenters. The summed E-state index contributed by atoms with van der Waals surface area (Å²) in [5.41, 5.74) is 2.40. The summed E-state index contributed by atoms with van der Waals surface area (Å²) >= 11 is 3.45. The lowest BCUT2D eigenvalue weighted by Gasteiger charge is -2.11. The summed E-state index contributed by atoms with van der Waals surface area (Å²) in [7, 11) is 0. The smallest absolute Gasteiger partial charge is 0.142 e. The lowest BCUT2D eigenvalue weighted by atomic mass is 10.1. The molecular weight excluding hydrogens is 264 g/mol. The van der Waals surface area contributed by atoms with E-state index in [2.05, 4.69) is 41.9 Å². The largest absolute Gasteiger partial charge is 0.456 e. The second-order valence-electron chi connectivity index (χ2n) is 3.66. The van der Waals surface area contributed by atoms with Crippen molar-refractivity contribution in [3.63, 3.8) is 0 Å². The van der Waals surface area contributed by atoms with Gasteiger partial charge in [-0.25, -0.2) is 0 Å². The molecule has 0 saturated heterocycles. The predicted molar refractivity (Wildman–Crippen MR) is 69.0 cm³/mol. The van der Waals surface area contributed by atoms with Crippen LogP contribution in [-0.2, 0) is 0 Å². The molecule has 0 aromatic heterocycles. The average molecular weight is 276 g/mol.